The van der Waals surface area contributed by atoms with Gasteiger partial charge in [0.2, 0.25) is 0 Å². The Morgan fingerprint density at radius 1 is 1.17 bits per heavy atom. The second-order valence-electron chi connectivity index (χ2n) is 4.80. The van der Waals surface area contributed by atoms with Crippen molar-refractivity contribution in [3.05, 3.63) is 53.4 Å². The summed E-state index contributed by atoms with van der Waals surface area (Å²) >= 11 is 0. The van der Waals surface area contributed by atoms with Crippen LogP contribution in [0.5, 0.6) is 0 Å². The van der Waals surface area contributed by atoms with Crippen molar-refractivity contribution in [2.45, 2.75) is 40.5 Å². The van der Waals surface area contributed by atoms with Crippen LogP contribution in [0.2, 0.25) is 0 Å². The van der Waals surface area contributed by atoms with E-state index in [9.17, 15) is 4.39 Å². The maximum absolute atomic E-state index is 13.0. The summed E-state index contributed by atoms with van der Waals surface area (Å²) in [5, 5.41) is 0. The number of allylic oxidation sites excluding steroid dienone is 4. The molecule has 0 nitrogen and oxygen atoms in total. The van der Waals surface area contributed by atoms with Crippen molar-refractivity contribution in [3.63, 3.8) is 0 Å². The zero-order valence-electron chi connectivity index (χ0n) is 11.8. The van der Waals surface area contributed by atoms with Crippen LogP contribution in [0, 0.1) is 11.7 Å². The maximum Gasteiger partial charge on any atom is 0.123 e. The normalized spacial score (nSPS) is 13.2. The van der Waals surface area contributed by atoms with Crippen molar-refractivity contribution in [3.8, 4) is 0 Å². The Balaban J connectivity index is 3.11. The minimum Gasteiger partial charge on any atom is -0.207 e. The predicted molar refractivity (Wildman–Crippen MR) is 77.9 cm³/mol. The van der Waals surface area contributed by atoms with Crippen molar-refractivity contribution in [2.75, 3.05) is 0 Å². The van der Waals surface area contributed by atoms with Crippen molar-refractivity contribution in [1.29, 1.82) is 0 Å². The summed E-state index contributed by atoms with van der Waals surface area (Å²) in [6, 6.07) is 6.74. The van der Waals surface area contributed by atoms with Crippen LogP contribution in [0.3, 0.4) is 0 Å². The standard InChI is InChI=1S/C17H23F/c1-5-7-16(12-14(6-2)13(3)4)15-8-10-17(18)11-9-15/h7-13H,5-6H2,1-4H3. The third-order valence-corrected chi connectivity index (χ3v) is 3.09. The number of rotatable bonds is 5. The fraction of sp³-hybridized carbons (Fsp3) is 0.412. The molecular weight excluding hydrogens is 223 g/mol. The number of benzene rings is 1. The third-order valence-electron chi connectivity index (χ3n) is 3.09. The van der Waals surface area contributed by atoms with Gasteiger partial charge in [0, 0.05) is 0 Å². The highest BCUT2D eigenvalue weighted by Crippen LogP contribution is 2.23. The van der Waals surface area contributed by atoms with E-state index >= 15 is 0 Å². The molecule has 18 heavy (non-hydrogen) atoms. The molecule has 0 saturated carbocycles. The summed E-state index contributed by atoms with van der Waals surface area (Å²) in [6.45, 7) is 8.73. The molecule has 0 aliphatic rings. The van der Waals surface area contributed by atoms with E-state index in [-0.39, 0.29) is 5.82 Å². The van der Waals surface area contributed by atoms with Crippen LogP contribution in [-0.4, -0.2) is 0 Å². The Morgan fingerprint density at radius 3 is 2.22 bits per heavy atom. The number of halogens is 1. The maximum atomic E-state index is 13.0. The van der Waals surface area contributed by atoms with Crippen LogP contribution in [0.1, 0.15) is 46.1 Å². The smallest absolute Gasteiger partial charge is 0.123 e. The molecule has 0 aliphatic carbocycles. The van der Waals surface area contributed by atoms with Crippen molar-refractivity contribution >= 4 is 5.57 Å². The lowest BCUT2D eigenvalue weighted by atomic mass is 9.95. The highest BCUT2D eigenvalue weighted by molar-refractivity contribution is 5.74. The summed E-state index contributed by atoms with van der Waals surface area (Å²) in [6.07, 6.45) is 6.49. The molecular formula is C17H23F. The molecule has 1 aromatic carbocycles. The van der Waals surface area contributed by atoms with Crippen LogP contribution in [0.25, 0.3) is 5.57 Å². The fourth-order valence-corrected chi connectivity index (χ4v) is 2.00. The molecule has 0 spiro atoms. The largest absolute Gasteiger partial charge is 0.207 e. The third kappa shape index (κ3) is 4.14. The highest BCUT2D eigenvalue weighted by Gasteiger charge is 2.04. The Bertz CT molecular complexity index is 421. The van der Waals surface area contributed by atoms with Gasteiger partial charge in [-0.05, 0) is 42.0 Å². The van der Waals surface area contributed by atoms with Crippen molar-refractivity contribution in [2.24, 2.45) is 5.92 Å². The van der Waals surface area contributed by atoms with Gasteiger partial charge in [-0.3, -0.25) is 0 Å². The number of hydrogen-bond acceptors (Lipinski definition) is 0. The van der Waals surface area contributed by atoms with E-state index in [2.05, 4.69) is 39.8 Å². The van der Waals surface area contributed by atoms with Gasteiger partial charge < -0.3 is 0 Å². The summed E-state index contributed by atoms with van der Waals surface area (Å²) in [7, 11) is 0. The topological polar surface area (TPSA) is 0 Å². The lowest BCUT2D eigenvalue weighted by Gasteiger charge is -2.11. The van der Waals surface area contributed by atoms with Gasteiger partial charge in [-0.25, -0.2) is 4.39 Å². The van der Waals surface area contributed by atoms with Gasteiger partial charge in [0.05, 0.1) is 0 Å². The van der Waals surface area contributed by atoms with Gasteiger partial charge in [-0.15, -0.1) is 0 Å². The van der Waals surface area contributed by atoms with Gasteiger partial charge in [-0.1, -0.05) is 57.6 Å². The first-order valence-electron chi connectivity index (χ1n) is 6.75. The SMILES string of the molecule is CCC=C(C=C(CC)C(C)C)c1ccc(F)cc1. The molecule has 98 valence electrons. The van der Waals surface area contributed by atoms with E-state index in [1.165, 1.54) is 23.3 Å². The van der Waals surface area contributed by atoms with Crippen LogP contribution in [0.4, 0.5) is 4.39 Å². The molecule has 0 atom stereocenters. The zero-order valence-corrected chi connectivity index (χ0v) is 11.8. The molecule has 0 aromatic heterocycles. The molecule has 0 radical (unpaired) electrons. The van der Waals surface area contributed by atoms with E-state index in [1.807, 2.05) is 12.1 Å². The first kappa shape index (κ1) is 14.7. The van der Waals surface area contributed by atoms with Crippen LogP contribution in [-0.2, 0) is 0 Å². The van der Waals surface area contributed by atoms with Crippen LogP contribution < -0.4 is 0 Å². The van der Waals surface area contributed by atoms with Crippen molar-refractivity contribution in [1.82, 2.24) is 0 Å². The van der Waals surface area contributed by atoms with E-state index in [0.717, 1.165) is 18.4 Å². The molecule has 1 rings (SSSR count). The van der Waals surface area contributed by atoms with E-state index < -0.39 is 0 Å². The Kier molecular flexibility index (Phi) is 5.84. The molecule has 0 bridgehead atoms. The zero-order chi connectivity index (χ0) is 13.5. The second-order valence-corrected chi connectivity index (χ2v) is 4.80. The molecule has 0 amide bonds. The van der Waals surface area contributed by atoms with E-state index in [0.29, 0.717) is 5.92 Å². The van der Waals surface area contributed by atoms with Gasteiger partial charge >= 0.3 is 0 Å². The molecule has 0 fully saturated rings. The summed E-state index contributed by atoms with van der Waals surface area (Å²) in [5.74, 6) is 0.369. The molecule has 0 unspecified atom stereocenters. The average molecular weight is 246 g/mol. The van der Waals surface area contributed by atoms with Crippen LogP contribution in [0.15, 0.2) is 42.0 Å². The lowest BCUT2D eigenvalue weighted by molar-refractivity contribution is 0.627. The first-order chi connectivity index (χ1) is 8.58. The Hall–Kier alpha value is -1.37. The van der Waals surface area contributed by atoms with Gasteiger partial charge in [0.15, 0.2) is 0 Å². The average Bonchev–Trinajstić information content (AvgIpc) is 2.35. The molecule has 0 aliphatic heterocycles. The molecule has 1 heteroatoms. The molecule has 1 aromatic rings. The lowest BCUT2D eigenvalue weighted by Crippen LogP contribution is -1.94. The Labute approximate surface area is 110 Å². The second kappa shape index (κ2) is 7.15. The molecule has 0 N–H and O–H groups in total. The minimum absolute atomic E-state index is 0.182. The Morgan fingerprint density at radius 2 is 1.78 bits per heavy atom. The van der Waals surface area contributed by atoms with Gasteiger partial charge in [-0.2, -0.15) is 0 Å². The molecule has 0 saturated heterocycles. The van der Waals surface area contributed by atoms with Crippen molar-refractivity contribution < 1.29 is 4.39 Å². The van der Waals surface area contributed by atoms with Crippen LogP contribution >= 0.6 is 0 Å². The highest BCUT2D eigenvalue weighted by atomic mass is 19.1. The molecule has 0 heterocycles. The summed E-state index contributed by atoms with van der Waals surface area (Å²) in [4.78, 5) is 0. The summed E-state index contributed by atoms with van der Waals surface area (Å²) in [5.41, 5.74) is 3.71. The minimum atomic E-state index is -0.182. The van der Waals surface area contributed by atoms with E-state index in [1.54, 1.807) is 0 Å². The predicted octanol–water partition coefficient (Wildman–Crippen LogP) is 5.61. The fourth-order valence-electron chi connectivity index (χ4n) is 2.00. The number of hydrogen-bond donors (Lipinski definition) is 0. The van der Waals surface area contributed by atoms with Gasteiger partial charge in [0.25, 0.3) is 0 Å². The first-order valence-corrected chi connectivity index (χ1v) is 6.75. The van der Waals surface area contributed by atoms with E-state index in [4.69, 9.17) is 0 Å². The van der Waals surface area contributed by atoms with Gasteiger partial charge in [0.1, 0.15) is 5.82 Å². The quantitative estimate of drug-likeness (QED) is 0.592. The monoisotopic (exact) mass is 246 g/mol. The summed E-state index contributed by atoms with van der Waals surface area (Å²) < 4.78 is 13.0.